The van der Waals surface area contributed by atoms with Crippen molar-refractivity contribution in [1.29, 1.82) is 0 Å². The number of aromatic carboxylic acids is 1. The Morgan fingerprint density at radius 3 is 2.62 bits per heavy atom. The number of anilines is 4. The van der Waals surface area contributed by atoms with Crippen molar-refractivity contribution >= 4 is 50.1 Å². The van der Waals surface area contributed by atoms with Crippen LogP contribution in [0, 0.1) is 41.9 Å². The van der Waals surface area contributed by atoms with Gasteiger partial charge in [-0.05, 0) is 150 Å². The summed E-state index contributed by atoms with van der Waals surface area (Å²) in [5, 5.41) is 51.3. The van der Waals surface area contributed by atoms with E-state index in [4.69, 9.17) is 20.2 Å². The molecular weight excluding hydrogens is 775 g/mol. The van der Waals surface area contributed by atoms with E-state index < -0.39 is 12.1 Å². The molecule has 6 atom stereocenters. The number of hydrogen-bond acceptors (Lipinski definition) is 12. The highest BCUT2D eigenvalue weighted by Crippen LogP contribution is 2.69. The fourth-order valence-corrected chi connectivity index (χ4v) is 13.3. The summed E-state index contributed by atoms with van der Waals surface area (Å²) in [6, 6.07) is 11.8. The van der Waals surface area contributed by atoms with Crippen LogP contribution in [0.1, 0.15) is 105 Å². The number of pyridine rings is 1. The SMILES string of the molecule is Cc1c(Nc2nc3ccccc3s2)nnc2c1CCCN2c1ccc(-c2cnn(CC3CC4(C)CC5(C)CC3CC(CCCNCC[C@H](O)CO)(C4)C5)c2C)c(C(=O)O)n1. The molecule has 1 aliphatic heterocycles. The minimum Gasteiger partial charge on any atom is -0.476 e. The van der Waals surface area contributed by atoms with E-state index in [1.54, 1.807) is 11.3 Å². The molecule has 0 spiro atoms. The maximum atomic E-state index is 12.9. The number of aliphatic hydroxyl groups excluding tert-OH is 2. The van der Waals surface area contributed by atoms with Crippen molar-refractivity contribution in [3.05, 3.63) is 65.1 Å². The number of carboxylic acids is 1. The van der Waals surface area contributed by atoms with Crippen LogP contribution in [-0.2, 0) is 13.0 Å². The fraction of sp³-hybridized carbons (Fsp3) is 0.565. The van der Waals surface area contributed by atoms with E-state index >= 15 is 0 Å². The van der Waals surface area contributed by atoms with E-state index in [2.05, 4.69) is 52.4 Å². The Kier molecular flexibility index (Phi) is 11.0. The standard InChI is InChI=1S/C46H59N9O4S/c1-28-33-9-7-18-54(41(33)53-52-40(28)51-43-49-36-10-5-6-11-37(36)60-43)38-13-12-34(39(50-38)42(58)59)35-22-48-55(29(35)2)23-31-20-45(4)25-44(3)19-30(31)21-46(26-44,27-45)15-8-16-47-17-14-32(57)24-56/h5-6,10-13,22,30-32,47,56-57H,7-9,14-21,23-27H2,1-4H3,(H,58,59)(H,49,51,52)/t30?,31?,32-,44?,45?,46?/m0/s1. The largest absolute Gasteiger partial charge is 0.476 e. The monoisotopic (exact) mass is 833 g/mol. The van der Waals surface area contributed by atoms with Gasteiger partial charge in [-0.1, -0.05) is 37.3 Å². The van der Waals surface area contributed by atoms with Gasteiger partial charge in [-0.25, -0.2) is 14.8 Å². The lowest BCUT2D eigenvalue weighted by Crippen LogP contribution is -2.46. The molecule has 5 aromatic rings. The first kappa shape index (κ1) is 40.9. The second-order valence-electron chi connectivity index (χ2n) is 19.3. The normalized spacial score (nSPS) is 26.3. The Bertz CT molecular complexity index is 2370. The van der Waals surface area contributed by atoms with Crippen LogP contribution < -0.4 is 15.5 Å². The summed E-state index contributed by atoms with van der Waals surface area (Å²) >= 11 is 1.58. The zero-order chi connectivity index (χ0) is 41.8. The van der Waals surface area contributed by atoms with E-state index in [0.29, 0.717) is 58.6 Å². The van der Waals surface area contributed by atoms with Crippen LogP contribution in [0.3, 0.4) is 0 Å². The Balaban J connectivity index is 0.919. The maximum Gasteiger partial charge on any atom is 0.355 e. The van der Waals surface area contributed by atoms with Gasteiger partial charge in [0.15, 0.2) is 22.5 Å². The molecule has 0 radical (unpaired) electrons. The van der Waals surface area contributed by atoms with Gasteiger partial charge >= 0.3 is 5.97 Å². The van der Waals surface area contributed by atoms with Gasteiger partial charge in [0.05, 0.1) is 29.1 Å². The molecule has 5 N–H and O–H groups in total. The second kappa shape index (κ2) is 16.1. The van der Waals surface area contributed by atoms with Crippen LogP contribution in [0.25, 0.3) is 21.3 Å². The Morgan fingerprint density at radius 1 is 1.00 bits per heavy atom. The van der Waals surface area contributed by atoms with Crippen LogP contribution >= 0.6 is 11.3 Å². The minimum atomic E-state index is -1.07. The van der Waals surface area contributed by atoms with Crippen molar-refractivity contribution in [3.63, 3.8) is 0 Å². The number of nitrogens with zero attached hydrogens (tertiary/aromatic N) is 7. The number of benzene rings is 1. The number of aromatic nitrogens is 6. The van der Waals surface area contributed by atoms with Crippen molar-refractivity contribution < 1.29 is 20.1 Å². The number of nitrogens with one attached hydrogen (secondary N) is 2. The summed E-state index contributed by atoms with van der Waals surface area (Å²) < 4.78 is 3.23. The van der Waals surface area contributed by atoms with Crippen molar-refractivity contribution in [2.24, 2.45) is 28.1 Å². The van der Waals surface area contributed by atoms with Crippen molar-refractivity contribution in [3.8, 4) is 11.1 Å². The molecule has 1 aromatic carbocycles. The Morgan fingerprint density at radius 2 is 1.82 bits per heavy atom. The van der Waals surface area contributed by atoms with Crippen molar-refractivity contribution in [2.45, 2.75) is 111 Å². The smallest absolute Gasteiger partial charge is 0.355 e. The highest BCUT2D eigenvalue weighted by Gasteiger charge is 2.59. The van der Waals surface area contributed by atoms with Crippen molar-refractivity contribution in [2.75, 3.05) is 36.5 Å². The average Bonchev–Trinajstić information content (AvgIpc) is 3.76. The fourth-order valence-electron chi connectivity index (χ4n) is 12.5. The third-order valence-corrected chi connectivity index (χ3v) is 15.3. The molecule has 60 heavy (non-hydrogen) atoms. The lowest BCUT2D eigenvalue weighted by molar-refractivity contribution is -0.0642. The summed E-state index contributed by atoms with van der Waals surface area (Å²) in [5.74, 6) is 1.97. The number of carbonyl (C=O) groups is 1. The molecule has 5 aliphatic rings. The maximum absolute atomic E-state index is 12.9. The molecule has 13 nitrogen and oxygen atoms in total. The molecule has 14 heteroatoms. The molecule has 4 bridgehead atoms. The quantitative estimate of drug-likeness (QED) is 0.0641. The minimum absolute atomic E-state index is 0.00734. The number of rotatable bonds is 15. The summed E-state index contributed by atoms with van der Waals surface area (Å²) in [7, 11) is 0. The molecule has 5 heterocycles. The predicted octanol–water partition coefficient (Wildman–Crippen LogP) is 8.21. The lowest BCUT2D eigenvalue weighted by atomic mass is 9.48. The molecule has 0 saturated heterocycles. The van der Waals surface area contributed by atoms with Crippen LogP contribution in [0.4, 0.5) is 22.6 Å². The number of para-hydroxylation sites is 1. The first-order valence-electron chi connectivity index (χ1n) is 21.9. The van der Waals surface area contributed by atoms with Crippen LogP contribution in [-0.4, -0.2) is 83.6 Å². The van der Waals surface area contributed by atoms with Gasteiger partial charge in [-0.3, -0.25) is 4.68 Å². The molecule has 4 saturated carbocycles. The number of carboxylic acid groups (broad SMARTS) is 1. The van der Waals surface area contributed by atoms with Crippen LogP contribution in [0.15, 0.2) is 42.6 Å². The summed E-state index contributed by atoms with van der Waals surface area (Å²) in [6.45, 7) is 12.2. The first-order chi connectivity index (χ1) is 28.8. The molecular formula is C46H59N9O4S. The predicted molar refractivity (Wildman–Crippen MR) is 235 cm³/mol. The van der Waals surface area contributed by atoms with Gasteiger partial charge in [0.25, 0.3) is 0 Å². The third-order valence-electron chi connectivity index (χ3n) is 14.3. The Labute approximate surface area is 356 Å². The molecule has 0 amide bonds. The second-order valence-corrected chi connectivity index (χ2v) is 20.3. The van der Waals surface area contributed by atoms with Crippen LogP contribution in [0.2, 0.25) is 0 Å². The highest BCUT2D eigenvalue weighted by molar-refractivity contribution is 7.22. The van der Waals surface area contributed by atoms with Gasteiger partial charge in [-0.15, -0.1) is 10.2 Å². The molecule has 4 fully saturated rings. The summed E-state index contributed by atoms with van der Waals surface area (Å²) in [4.78, 5) is 24.4. The number of aliphatic hydroxyl groups is 2. The highest BCUT2D eigenvalue weighted by atomic mass is 32.1. The lowest BCUT2D eigenvalue weighted by Gasteiger charge is -2.57. The van der Waals surface area contributed by atoms with Crippen molar-refractivity contribution in [1.82, 2.24) is 35.3 Å². The zero-order valence-corrected chi connectivity index (χ0v) is 36.2. The average molecular weight is 834 g/mol. The summed E-state index contributed by atoms with van der Waals surface area (Å²) in [6.07, 6.45) is 13.4. The topological polar surface area (TPSA) is 174 Å². The van der Waals surface area contributed by atoms with E-state index in [1.807, 2.05) is 48.4 Å². The van der Waals surface area contributed by atoms with E-state index in [1.165, 1.54) is 44.9 Å². The number of fused-ring (bicyclic) bond motifs is 3. The third kappa shape index (κ3) is 7.91. The molecule has 4 aliphatic carbocycles. The number of thiazole rings is 1. The zero-order valence-electron chi connectivity index (χ0n) is 35.4. The number of hydrogen-bond donors (Lipinski definition) is 5. The summed E-state index contributed by atoms with van der Waals surface area (Å²) in [5.41, 5.74) is 6.35. The molecule has 10 rings (SSSR count). The van der Waals surface area contributed by atoms with E-state index in [-0.39, 0.29) is 17.7 Å². The van der Waals surface area contributed by atoms with Gasteiger partial charge in [0.2, 0.25) is 0 Å². The van der Waals surface area contributed by atoms with E-state index in [9.17, 15) is 15.0 Å². The molecule has 318 valence electrons. The van der Waals surface area contributed by atoms with Crippen LogP contribution in [0.5, 0.6) is 0 Å². The van der Waals surface area contributed by atoms with Gasteiger partial charge < -0.3 is 30.9 Å². The van der Waals surface area contributed by atoms with Gasteiger partial charge in [0.1, 0.15) is 5.82 Å². The van der Waals surface area contributed by atoms with E-state index in [0.717, 1.165) is 76.6 Å². The Hall–Kier alpha value is -4.50. The first-order valence-corrected chi connectivity index (χ1v) is 22.7. The van der Waals surface area contributed by atoms with Gasteiger partial charge in [-0.2, -0.15) is 5.10 Å². The van der Waals surface area contributed by atoms with Gasteiger partial charge in [0, 0.05) is 41.0 Å². The molecule has 5 unspecified atom stereocenters. The molecule has 4 aromatic heterocycles.